The first-order chi connectivity index (χ1) is 9.81. The Morgan fingerprint density at radius 3 is 2.24 bits per heavy atom. The molecule has 21 heavy (non-hydrogen) atoms. The number of hydrogen-bond donors (Lipinski definition) is 1. The Labute approximate surface area is 126 Å². The fraction of sp³-hybridized carbons (Fsp3) is 0.846. The molecule has 0 aromatic carbocycles. The molecule has 1 fully saturated rings. The minimum atomic E-state index is -3.21. The van der Waals surface area contributed by atoms with Crippen LogP contribution < -0.4 is 0 Å². The molecule has 1 N–H and O–H groups in total. The average molecular weight is 320 g/mol. The van der Waals surface area contributed by atoms with E-state index in [0.29, 0.717) is 38.9 Å². The molecular formula is C13H24N2O5S. The number of aliphatic carboxylic acids is 1. The SMILES string of the molecule is CCCN(CC(=O)O)C(=O)C1CCN(S(=O)(=O)CC)CC1. The van der Waals surface area contributed by atoms with Gasteiger partial charge in [-0.3, -0.25) is 9.59 Å². The van der Waals surface area contributed by atoms with Gasteiger partial charge >= 0.3 is 5.97 Å². The van der Waals surface area contributed by atoms with Gasteiger partial charge in [0, 0.05) is 25.6 Å². The molecular weight excluding hydrogens is 296 g/mol. The highest BCUT2D eigenvalue weighted by atomic mass is 32.2. The van der Waals surface area contributed by atoms with E-state index in [9.17, 15) is 18.0 Å². The van der Waals surface area contributed by atoms with E-state index in [4.69, 9.17) is 5.11 Å². The Balaban J connectivity index is 2.63. The normalized spacial score (nSPS) is 17.6. The number of sulfonamides is 1. The van der Waals surface area contributed by atoms with Gasteiger partial charge < -0.3 is 10.0 Å². The van der Waals surface area contributed by atoms with Crippen LogP contribution in [-0.4, -0.2) is 66.5 Å². The molecule has 1 saturated heterocycles. The van der Waals surface area contributed by atoms with E-state index in [2.05, 4.69) is 0 Å². The Morgan fingerprint density at radius 1 is 1.24 bits per heavy atom. The van der Waals surface area contributed by atoms with E-state index in [-0.39, 0.29) is 24.1 Å². The van der Waals surface area contributed by atoms with Crippen molar-refractivity contribution in [3.63, 3.8) is 0 Å². The minimum Gasteiger partial charge on any atom is -0.480 e. The van der Waals surface area contributed by atoms with Crippen LogP contribution >= 0.6 is 0 Å². The third-order valence-electron chi connectivity index (χ3n) is 3.69. The molecule has 1 rings (SSSR count). The summed E-state index contributed by atoms with van der Waals surface area (Å²) >= 11 is 0. The molecule has 0 aromatic rings. The van der Waals surface area contributed by atoms with Gasteiger partial charge in [0.2, 0.25) is 15.9 Å². The van der Waals surface area contributed by atoms with E-state index in [1.165, 1.54) is 9.21 Å². The smallest absolute Gasteiger partial charge is 0.323 e. The third-order valence-corrected chi connectivity index (χ3v) is 5.57. The summed E-state index contributed by atoms with van der Waals surface area (Å²) in [5.41, 5.74) is 0. The quantitative estimate of drug-likeness (QED) is 0.731. The Kier molecular flexibility index (Phi) is 6.60. The maximum absolute atomic E-state index is 12.3. The van der Waals surface area contributed by atoms with Gasteiger partial charge in [0.15, 0.2) is 0 Å². The van der Waals surface area contributed by atoms with Crippen LogP contribution in [0.4, 0.5) is 0 Å². The Hall–Kier alpha value is -1.15. The predicted octanol–water partition coefficient (Wildman–Crippen LogP) is 0.371. The molecule has 1 aliphatic rings. The molecule has 0 unspecified atom stereocenters. The van der Waals surface area contributed by atoms with E-state index < -0.39 is 16.0 Å². The van der Waals surface area contributed by atoms with Crippen molar-refractivity contribution < 1.29 is 23.1 Å². The topological polar surface area (TPSA) is 95.0 Å². The zero-order valence-electron chi connectivity index (χ0n) is 12.6. The first kappa shape index (κ1) is 17.9. The number of carbonyl (C=O) groups is 2. The first-order valence-corrected chi connectivity index (χ1v) is 8.91. The number of piperidine rings is 1. The monoisotopic (exact) mass is 320 g/mol. The fourth-order valence-electron chi connectivity index (χ4n) is 2.52. The van der Waals surface area contributed by atoms with Gasteiger partial charge in [0.1, 0.15) is 6.54 Å². The van der Waals surface area contributed by atoms with Crippen LogP contribution in [0.25, 0.3) is 0 Å². The lowest BCUT2D eigenvalue weighted by Gasteiger charge is -2.33. The number of carboxylic acids is 1. The molecule has 0 spiro atoms. The number of nitrogens with zero attached hydrogens (tertiary/aromatic N) is 2. The molecule has 8 heteroatoms. The summed E-state index contributed by atoms with van der Waals surface area (Å²) in [6.07, 6.45) is 1.61. The second-order valence-electron chi connectivity index (χ2n) is 5.23. The lowest BCUT2D eigenvalue weighted by Crippen LogP contribution is -2.46. The van der Waals surface area contributed by atoms with Gasteiger partial charge in [-0.25, -0.2) is 12.7 Å². The molecule has 1 amide bonds. The van der Waals surface area contributed by atoms with Crippen molar-refractivity contribution in [1.29, 1.82) is 0 Å². The van der Waals surface area contributed by atoms with Crippen molar-refractivity contribution >= 4 is 21.9 Å². The van der Waals surface area contributed by atoms with Crippen molar-refractivity contribution in [1.82, 2.24) is 9.21 Å². The molecule has 1 heterocycles. The number of amides is 1. The Morgan fingerprint density at radius 2 is 1.81 bits per heavy atom. The number of hydrogen-bond acceptors (Lipinski definition) is 4. The van der Waals surface area contributed by atoms with Crippen LogP contribution in [-0.2, 0) is 19.6 Å². The number of carboxylic acid groups (broad SMARTS) is 1. The number of carbonyl (C=O) groups excluding carboxylic acids is 1. The molecule has 0 aromatic heterocycles. The summed E-state index contributed by atoms with van der Waals surface area (Å²) in [4.78, 5) is 24.5. The van der Waals surface area contributed by atoms with Gasteiger partial charge in [0.25, 0.3) is 0 Å². The van der Waals surface area contributed by atoms with Crippen molar-refractivity contribution in [3.8, 4) is 0 Å². The third kappa shape index (κ3) is 4.96. The number of rotatable bonds is 7. The summed E-state index contributed by atoms with van der Waals surface area (Å²) < 4.78 is 24.9. The molecule has 7 nitrogen and oxygen atoms in total. The van der Waals surface area contributed by atoms with Crippen molar-refractivity contribution in [3.05, 3.63) is 0 Å². The van der Waals surface area contributed by atoms with Gasteiger partial charge in [-0.2, -0.15) is 0 Å². The van der Waals surface area contributed by atoms with Gasteiger partial charge in [-0.15, -0.1) is 0 Å². The van der Waals surface area contributed by atoms with Gasteiger partial charge in [0.05, 0.1) is 5.75 Å². The summed E-state index contributed by atoms with van der Waals surface area (Å²) in [5, 5.41) is 8.86. The van der Waals surface area contributed by atoms with Crippen LogP contribution in [0.1, 0.15) is 33.1 Å². The van der Waals surface area contributed by atoms with Gasteiger partial charge in [-0.1, -0.05) is 6.92 Å². The maximum Gasteiger partial charge on any atom is 0.323 e. The Bertz CT molecular complexity index is 469. The second kappa shape index (κ2) is 7.74. The highest BCUT2D eigenvalue weighted by Gasteiger charge is 2.32. The molecule has 0 aliphatic carbocycles. The first-order valence-electron chi connectivity index (χ1n) is 7.30. The lowest BCUT2D eigenvalue weighted by atomic mass is 9.96. The molecule has 0 bridgehead atoms. The van der Waals surface area contributed by atoms with Crippen LogP contribution in [0, 0.1) is 5.92 Å². The van der Waals surface area contributed by atoms with Crippen molar-refractivity contribution in [2.24, 2.45) is 5.92 Å². The summed E-state index contributed by atoms with van der Waals surface area (Å²) in [5.74, 6) is -1.41. The van der Waals surface area contributed by atoms with Crippen molar-refractivity contribution in [2.45, 2.75) is 33.1 Å². The second-order valence-corrected chi connectivity index (χ2v) is 7.48. The predicted molar refractivity (Wildman–Crippen MR) is 78.3 cm³/mol. The largest absolute Gasteiger partial charge is 0.480 e. The van der Waals surface area contributed by atoms with Crippen LogP contribution in [0.15, 0.2) is 0 Å². The van der Waals surface area contributed by atoms with E-state index in [1.54, 1.807) is 6.92 Å². The molecule has 0 atom stereocenters. The standard InChI is InChI=1S/C13H24N2O5S/c1-3-7-14(10-12(16)17)13(18)11-5-8-15(9-6-11)21(19,20)4-2/h11H,3-10H2,1-2H3,(H,16,17). The van der Waals surface area contributed by atoms with E-state index in [1.807, 2.05) is 6.92 Å². The lowest BCUT2D eigenvalue weighted by molar-refractivity contribution is -0.146. The van der Waals surface area contributed by atoms with E-state index in [0.717, 1.165) is 0 Å². The van der Waals surface area contributed by atoms with Crippen LogP contribution in [0.5, 0.6) is 0 Å². The highest BCUT2D eigenvalue weighted by molar-refractivity contribution is 7.89. The summed E-state index contributed by atoms with van der Waals surface area (Å²) in [6.45, 7) is 4.28. The zero-order chi connectivity index (χ0) is 16.0. The van der Waals surface area contributed by atoms with Gasteiger partial charge in [-0.05, 0) is 26.2 Å². The summed E-state index contributed by atoms with van der Waals surface area (Å²) in [7, 11) is -3.21. The highest BCUT2D eigenvalue weighted by Crippen LogP contribution is 2.22. The average Bonchev–Trinajstić information content (AvgIpc) is 2.45. The van der Waals surface area contributed by atoms with Crippen molar-refractivity contribution in [2.75, 3.05) is 31.9 Å². The summed E-state index contributed by atoms with van der Waals surface area (Å²) in [6, 6.07) is 0. The minimum absolute atomic E-state index is 0.0621. The van der Waals surface area contributed by atoms with Crippen LogP contribution in [0.2, 0.25) is 0 Å². The molecule has 1 aliphatic heterocycles. The fourth-order valence-corrected chi connectivity index (χ4v) is 3.65. The molecule has 122 valence electrons. The molecule has 0 saturated carbocycles. The van der Waals surface area contributed by atoms with E-state index >= 15 is 0 Å². The zero-order valence-corrected chi connectivity index (χ0v) is 13.4. The maximum atomic E-state index is 12.3. The molecule has 0 radical (unpaired) electrons. The van der Waals surface area contributed by atoms with Crippen LogP contribution in [0.3, 0.4) is 0 Å².